The van der Waals surface area contributed by atoms with Crippen molar-refractivity contribution in [3.8, 4) is 17.2 Å². The highest BCUT2D eigenvalue weighted by Gasteiger charge is 2.20. The van der Waals surface area contributed by atoms with Crippen molar-refractivity contribution in [3.05, 3.63) is 90.0 Å². The summed E-state index contributed by atoms with van der Waals surface area (Å²) in [4.78, 5) is 11.9. The second-order valence-corrected chi connectivity index (χ2v) is 6.57. The van der Waals surface area contributed by atoms with Gasteiger partial charge < -0.3 is 14.6 Å². The Morgan fingerprint density at radius 3 is 2.29 bits per heavy atom. The van der Waals surface area contributed by atoms with E-state index in [9.17, 15) is 9.90 Å². The molecule has 0 spiro atoms. The van der Waals surface area contributed by atoms with Gasteiger partial charge in [0.1, 0.15) is 17.2 Å². The van der Waals surface area contributed by atoms with Gasteiger partial charge in [-0.3, -0.25) is 4.79 Å². The van der Waals surface area contributed by atoms with Crippen molar-refractivity contribution in [1.29, 1.82) is 0 Å². The molecule has 3 aromatic rings. The van der Waals surface area contributed by atoms with Gasteiger partial charge in [-0.25, -0.2) is 0 Å². The summed E-state index contributed by atoms with van der Waals surface area (Å²) >= 11 is 0. The van der Waals surface area contributed by atoms with Gasteiger partial charge in [0.25, 0.3) is 0 Å². The zero-order valence-electron chi connectivity index (χ0n) is 15.9. The first-order valence-corrected chi connectivity index (χ1v) is 9.43. The molecule has 0 aliphatic carbocycles. The van der Waals surface area contributed by atoms with E-state index in [1.165, 1.54) is 0 Å². The third-order valence-electron chi connectivity index (χ3n) is 4.37. The lowest BCUT2D eigenvalue weighted by molar-refractivity contribution is -0.138. The average Bonchev–Trinajstić information content (AvgIpc) is 2.72. The fourth-order valence-electron chi connectivity index (χ4n) is 2.96. The van der Waals surface area contributed by atoms with E-state index in [0.717, 1.165) is 29.0 Å². The molecule has 0 saturated carbocycles. The maximum Gasteiger partial charge on any atom is 0.311 e. The van der Waals surface area contributed by atoms with Crippen LogP contribution in [0.2, 0.25) is 0 Å². The highest BCUT2D eigenvalue weighted by Crippen LogP contribution is 2.27. The zero-order valence-corrected chi connectivity index (χ0v) is 15.9. The first-order valence-electron chi connectivity index (χ1n) is 9.43. The lowest BCUT2D eigenvalue weighted by Crippen LogP contribution is -2.14. The molecule has 0 bridgehead atoms. The average molecular weight is 376 g/mol. The maximum atomic E-state index is 11.9. The van der Waals surface area contributed by atoms with Gasteiger partial charge in [0.2, 0.25) is 0 Å². The monoisotopic (exact) mass is 376 g/mol. The molecule has 1 unspecified atom stereocenters. The Hall–Kier alpha value is -3.27. The summed E-state index contributed by atoms with van der Waals surface area (Å²) in [6.45, 7) is 2.69. The second kappa shape index (κ2) is 9.60. The number of ether oxygens (including phenoxy) is 2. The molecule has 3 rings (SSSR count). The number of aliphatic carboxylic acids is 1. The maximum absolute atomic E-state index is 11.9. The highest BCUT2D eigenvalue weighted by molar-refractivity contribution is 5.76. The molecule has 28 heavy (non-hydrogen) atoms. The Morgan fingerprint density at radius 1 is 0.893 bits per heavy atom. The van der Waals surface area contributed by atoms with Crippen molar-refractivity contribution in [2.24, 2.45) is 0 Å². The van der Waals surface area contributed by atoms with Gasteiger partial charge in [0.15, 0.2) is 0 Å². The van der Waals surface area contributed by atoms with Crippen molar-refractivity contribution in [2.45, 2.75) is 25.7 Å². The Morgan fingerprint density at radius 2 is 1.61 bits per heavy atom. The number of carbonyl (C=O) groups is 1. The molecule has 3 aromatic carbocycles. The molecule has 1 N–H and O–H groups in total. The van der Waals surface area contributed by atoms with E-state index in [4.69, 9.17) is 9.47 Å². The van der Waals surface area contributed by atoms with Gasteiger partial charge in [-0.1, -0.05) is 49.4 Å². The summed E-state index contributed by atoms with van der Waals surface area (Å²) in [5, 5.41) is 9.74. The molecule has 4 nitrogen and oxygen atoms in total. The van der Waals surface area contributed by atoms with E-state index in [2.05, 4.69) is 0 Å². The van der Waals surface area contributed by atoms with Gasteiger partial charge in [0.05, 0.1) is 12.5 Å². The minimum absolute atomic E-state index is 0.385. The zero-order chi connectivity index (χ0) is 19.8. The smallest absolute Gasteiger partial charge is 0.311 e. The van der Waals surface area contributed by atoms with E-state index >= 15 is 0 Å². The predicted octanol–water partition coefficient (Wildman–Crippen LogP) is 5.68. The van der Waals surface area contributed by atoms with Gasteiger partial charge in [-0.2, -0.15) is 0 Å². The summed E-state index contributed by atoms with van der Waals surface area (Å²) in [6, 6.07) is 24.4. The fraction of sp³-hybridized carbons (Fsp3) is 0.208. The van der Waals surface area contributed by atoms with E-state index in [1.807, 2.05) is 85.8 Å². The van der Waals surface area contributed by atoms with Crippen LogP contribution in [-0.2, 0) is 11.2 Å². The molecule has 0 radical (unpaired) electrons. The molecule has 0 saturated heterocycles. The first kappa shape index (κ1) is 19.5. The molecule has 0 amide bonds. The minimum atomic E-state index is -0.850. The van der Waals surface area contributed by atoms with E-state index in [-0.39, 0.29) is 0 Å². The summed E-state index contributed by atoms with van der Waals surface area (Å²) in [7, 11) is 0. The normalized spacial score (nSPS) is 11.6. The standard InChI is InChI=1S/C24H24O4/c1-2-15-27-20-13-11-19(12-14-20)23(24(25)26)17-18-7-6-10-22(16-18)28-21-8-4-3-5-9-21/h3-14,16,23H,2,15,17H2,1H3,(H,25,26). The first-order chi connectivity index (χ1) is 13.7. The summed E-state index contributed by atoms with van der Waals surface area (Å²) < 4.78 is 11.4. The summed E-state index contributed by atoms with van der Waals surface area (Å²) in [5.41, 5.74) is 1.66. The molecule has 0 aromatic heterocycles. The van der Waals surface area contributed by atoms with Crippen LogP contribution in [0, 0.1) is 0 Å². The number of carboxylic acids is 1. The topological polar surface area (TPSA) is 55.8 Å². The number of para-hydroxylation sites is 1. The van der Waals surface area contributed by atoms with Crippen LogP contribution in [0.4, 0.5) is 0 Å². The predicted molar refractivity (Wildman–Crippen MR) is 109 cm³/mol. The van der Waals surface area contributed by atoms with Crippen molar-refractivity contribution in [2.75, 3.05) is 6.61 Å². The van der Waals surface area contributed by atoms with E-state index in [1.54, 1.807) is 0 Å². The van der Waals surface area contributed by atoms with Crippen molar-refractivity contribution in [3.63, 3.8) is 0 Å². The number of benzene rings is 3. The number of rotatable bonds is 9. The molecule has 1 atom stereocenters. The molecule has 4 heteroatoms. The fourth-order valence-corrected chi connectivity index (χ4v) is 2.96. The van der Waals surface area contributed by atoms with Crippen LogP contribution in [0.25, 0.3) is 0 Å². The van der Waals surface area contributed by atoms with Crippen LogP contribution in [0.3, 0.4) is 0 Å². The lowest BCUT2D eigenvalue weighted by atomic mass is 9.92. The molecule has 0 aliphatic rings. The largest absolute Gasteiger partial charge is 0.494 e. The number of hydrogen-bond acceptors (Lipinski definition) is 3. The third-order valence-corrected chi connectivity index (χ3v) is 4.37. The van der Waals surface area contributed by atoms with E-state index in [0.29, 0.717) is 18.8 Å². The van der Waals surface area contributed by atoms with Crippen LogP contribution in [0.1, 0.15) is 30.4 Å². The molecule has 0 heterocycles. The molecule has 0 aliphatic heterocycles. The van der Waals surface area contributed by atoms with Crippen molar-refractivity contribution < 1.29 is 19.4 Å². The van der Waals surface area contributed by atoms with Crippen molar-refractivity contribution >= 4 is 5.97 Å². The quantitative estimate of drug-likeness (QED) is 0.522. The van der Waals surface area contributed by atoms with Gasteiger partial charge in [0, 0.05) is 0 Å². The Labute approximate surface area is 165 Å². The van der Waals surface area contributed by atoms with Gasteiger partial charge >= 0.3 is 5.97 Å². The molecule has 0 fully saturated rings. The second-order valence-electron chi connectivity index (χ2n) is 6.57. The Kier molecular flexibility index (Phi) is 6.68. The van der Waals surface area contributed by atoms with Crippen LogP contribution < -0.4 is 9.47 Å². The van der Waals surface area contributed by atoms with Crippen LogP contribution >= 0.6 is 0 Å². The van der Waals surface area contributed by atoms with Crippen LogP contribution in [-0.4, -0.2) is 17.7 Å². The highest BCUT2D eigenvalue weighted by atomic mass is 16.5. The van der Waals surface area contributed by atoms with Gasteiger partial charge in [-0.05, 0) is 60.4 Å². The van der Waals surface area contributed by atoms with E-state index < -0.39 is 11.9 Å². The molecule has 144 valence electrons. The van der Waals surface area contributed by atoms with Gasteiger partial charge in [-0.15, -0.1) is 0 Å². The number of carboxylic acid groups (broad SMARTS) is 1. The lowest BCUT2D eigenvalue weighted by Gasteiger charge is -2.15. The summed E-state index contributed by atoms with van der Waals surface area (Å²) in [6.07, 6.45) is 1.32. The number of hydrogen-bond donors (Lipinski definition) is 1. The minimum Gasteiger partial charge on any atom is -0.494 e. The summed E-state index contributed by atoms with van der Waals surface area (Å²) in [5.74, 6) is 0.713. The third kappa shape index (κ3) is 5.36. The molecular formula is C24H24O4. The molecular weight excluding hydrogens is 352 g/mol. The Balaban J connectivity index is 1.74. The van der Waals surface area contributed by atoms with Crippen LogP contribution in [0.15, 0.2) is 78.9 Å². The SMILES string of the molecule is CCCOc1ccc(C(Cc2cccc(Oc3ccccc3)c2)C(=O)O)cc1. The Bertz CT molecular complexity index is 888. The van der Waals surface area contributed by atoms with Crippen molar-refractivity contribution in [1.82, 2.24) is 0 Å². The van der Waals surface area contributed by atoms with Crippen LogP contribution in [0.5, 0.6) is 17.2 Å².